The summed E-state index contributed by atoms with van der Waals surface area (Å²) in [6, 6.07) is 7.79. The van der Waals surface area contributed by atoms with Gasteiger partial charge in [-0.1, -0.05) is 35.3 Å². The second-order valence-electron chi connectivity index (χ2n) is 6.16. The van der Waals surface area contributed by atoms with Crippen molar-refractivity contribution < 1.29 is 19.5 Å². The van der Waals surface area contributed by atoms with E-state index in [4.69, 9.17) is 23.2 Å². The van der Waals surface area contributed by atoms with Gasteiger partial charge < -0.3 is 10.4 Å². The summed E-state index contributed by atoms with van der Waals surface area (Å²) in [5, 5.41) is 12.9. The molecule has 2 heterocycles. The number of carbonyl (C=O) groups excluding carboxylic acids is 2. The third-order valence-electron chi connectivity index (χ3n) is 4.65. The van der Waals surface area contributed by atoms with Crippen LogP contribution < -0.4 is 5.32 Å². The first-order chi connectivity index (χ1) is 12.4. The molecule has 4 rings (SSSR count). The quantitative estimate of drug-likeness (QED) is 0.764. The zero-order valence-corrected chi connectivity index (χ0v) is 14.7. The van der Waals surface area contributed by atoms with Gasteiger partial charge >= 0.3 is 5.97 Å². The third-order valence-corrected chi connectivity index (χ3v) is 5.18. The van der Waals surface area contributed by atoms with Crippen LogP contribution in [0.5, 0.6) is 0 Å². The molecule has 2 amide bonds. The highest BCUT2D eigenvalue weighted by molar-refractivity contribution is 6.36. The predicted molar refractivity (Wildman–Crippen MR) is 95.8 cm³/mol. The maximum Gasteiger partial charge on any atom is 0.326 e. The Bertz CT molecular complexity index is 941. The molecular weight excluding hydrogens is 379 g/mol. The van der Waals surface area contributed by atoms with E-state index in [0.29, 0.717) is 27.4 Å². The maximum absolute atomic E-state index is 12.8. The van der Waals surface area contributed by atoms with Gasteiger partial charge in [-0.25, -0.2) is 4.79 Å². The highest BCUT2D eigenvalue weighted by Gasteiger charge is 2.45. The van der Waals surface area contributed by atoms with Gasteiger partial charge in [-0.2, -0.15) is 0 Å². The van der Waals surface area contributed by atoms with Crippen molar-refractivity contribution in [1.29, 1.82) is 0 Å². The lowest BCUT2D eigenvalue weighted by atomic mass is 9.91. The van der Waals surface area contributed by atoms with Crippen LogP contribution in [0, 0.1) is 0 Å². The number of fused-ring (bicyclic) bond motifs is 2. The first kappa shape index (κ1) is 16.9. The number of hydrogen-bond donors (Lipinski definition) is 2. The van der Waals surface area contributed by atoms with Gasteiger partial charge in [0.2, 0.25) is 0 Å². The molecule has 0 radical (unpaired) electrons. The molecule has 0 unspecified atom stereocenters. The fraction of sp³-hybridized carbons (Fsp3) is 0.167. The molecule has 0 bridgehead atoms. The largest absolute Gasteiger partial charge is 0.480 e. The molecule has 2 atom stereocenters. The van der Waals surface area contributed by atoms with Crippen molar-refractivity contribution in [2.75, 3.05) is 5.32 Å². The Morgan fingerprint density at radius 3 is 2.31 bits per heavy atom. The minimum absolute atomic E-state index is 0.00908. The van der Waals surface area contributed by atoms with Crippen LogP contribution in [0.15, 0.2) is 36.4 Å². The van der Waals surface area contributed by atoms with Crippen molar-refractivity contribution in [1.82, 2.24) is 4.90 Å². The topological polar surface area (TPSA) is 86.7 Å². The van der Waals surface area contributed by atoms with Gasteiger partial charge in [0.15, 0.2) is 0 Å². The Morgan fingerprint density at radius 1 is 1.12 bits per heavy atom. The molecule has 8 heteroatoms. The molecule has 2 aliphatic rings. The molecule has 6 nitrogen and oxygen atoms in total. The number of anilines is 1. The van der Waals surface area contributed by atoms with E-state index in [-0.39, 0.29) is 11.4 Å². The molecule has 2 aromatic carbocycles. The van der Waals surface area contributed by atoms with E-state index < -0.39 is 29.9 Å². The van der Waals surface area contributed by atoms with Crippen molar-refractivity contribution in [3.8, 4) is 0 Å². The van der Waals surface area contributed by atoms with E-state index in [1.807, 2.05) is 0 Å². The van der Waals surface area contributed by atoms with Gasteiger partial charge in [0.05, 0.1) is 17.2 Å². The van der Waals surface area contributed by atoms with E-state index in [0.717, 1.165) is 4.90 Å². The SMILES string of the molecule is O=C(O)[C@H]1C[C@H](N2C(=O)c3ccccc3C2=O)c2c(Cl)cc(Cl)cc2N1. The summed E-state index contributed by atoms with van der Waals surface area (Å²) in [4.78, 5) is 38.3. The number of carboxylic acid groups (broad SMARTS) is 1. The smallest absolute Gasteiger partial charge is 0.326 e. The number of nitrogens with one attached hydrogen (secondary N) is 1. The van der Waals surface area contributed by atoms with Crippen molar-refractivity contribution in [3.05, 3.63) is 63.1 Å². The predicted octanol–water partition coefficient (Wildman–Crippen LogP) is 3.60. The van der Waals surface area contributed by atoms with Crippen LogP contribution in [0.3, 0.4) is 0 Å². The summed E-state index contributed by atoms with van der Waals surface area (Å²) in [6.45, 7) is 0. The third kappa shape index (κ3) is 2.45. The van der Waals surface area contributed by atoms with Crippen LogP contribution in [-0.4, -0.2) is 33.8 Å². The van der Waals surface area contributed by atoms with E-state index in [1.54, 1.807) is 30.3 Å². The van der Waals surface area contributed by atoms with Crippen molar-refractivity contribution >= 4 is 46.7 Å². The minimum atomic E-state index is -1.09. The van der Waals surface area contributed by atoms with Crippen LogP contribution in [-0.2, 0) is 4.79 Å². The maximum atomic E-state index is 12.8. The molecule has 132 valence electrons. The average Bonchev–Trinajstić information content (AvgIpc) is 2.85. The van der Waals surface area contributed by atoms with Crippen LogP contribution in [0.4, 0.5) is 5.69 Å². The summed E-state index contributed by atoms with van der Waals surface area (Å²) in [6.07, 6.45) is 0.00908. The molecule has 2 aliphatic heterocycles. The van der Waals surface area contributed by atoms with E-state index in [9.17, 15) is 19.5 Å². The number of carbonyl (C=O) groups is 3. The van der Waals surface area contributed by atoms with Crippen LogP contribution in [0.1, 0.15) is 38.7 Å². The molecule has 0 spiro atoms. The lowest BCUT2D eigenvalue weighted by Gasteiger charge is -2.36. The van der Waals surface area contributed by atoms with Gasteiger partial charge in [-0.05, 0) is 24.3 Å². The van der Waals surface area contributed by atoms with Crippen molar-refractivity contribution in [2.45, 2.75) is 18.5 Å². The number of carboxylic acids is 1. The normalized spacial score (nSPS) is 21.2. The Hall–Kier alpha value is -2.57. The molecule has 26 heavy (non-hydrogen) atoms. The van der Waals surface area contributed by atoms with Crippen LogP contribution >= 0.6 is 23.2 Å². The standard InChI is InChI=1S/C18H12Cl2N2O4/c19-8-5-11(20)15-12(6-8)21-13(18(25)26)7-14(15)22-16(23)9-3-1-2-4-10(9)17(22)24/h1-6,13-14,21H,7H2,(H,25,26)/t13-,14+/m1/s1. The van der Waals surface area contributed by atoms with E-state index >= 15 is 0 Å². The zero-order chi connectivity index (χ0) is 18.6. The van der Waals surface area contributed by atoms with Gasteiger partial charge in [0.25, 0.3) is 11.8 Å². The first-order valence-corrected chi connectivity index (χ1v) is 8.59. The van der Waals surface area contributed by atoms with Gasteiger partial charge in [0, 0.05) is 27.7 Å². The van der Waals surface area contributed by atoms with Crippen molar-refractivity contribution in [2.24, 2.45) is 0 Å². The van der Waals surface area contributed by atoms with Crippen LogP contribution in [0.2, 0.25) is 10.0 Å². The molecule has 2 N–H and O–H groups in total. The Labute approximate surface area is 158 Å². The highest BCUT2D eigenvalue weighted by atomic mass is 35.5. The summed E-state index contributed by atoms with van der Waals surface area (Å²) in [7, 11) is 0. The van der Waals surface area contributed by atoms with Gasteiger partial charge in [-0.15, -0.1) is 0 Å². The number of hydrogen-bond acceptors (Lipinski definition) is 4. The Balaban J connectivity index is 1.86. The number of benzene rings is 2. The number of halogens is 2. The molecular formula is C18H12Cl2N2O4. The summed E-state index contributed by atoms with van der Waals surface area (Å²) < 4.78 is 0. The molecule has 0 fully saturated rings. The fourth-order valence-corrected chi connectivity index (χ4v) is 4.14. The van der Waals surface area contributed by atoms with Gasteiger partial charge in [0.1, 0.15) is 6.04 Å². The second kappa shape index (κ2) is 6.00. The lowest BCUT2D eigenvalue weighted by molar-refractivity contribution is -0.138. The monoisotopic (exact) mass is 390 g/mol. The first-order valence-electron chi connectivity index (χ1n) is 7.83. The summed E-state index contributed by atoms with van der Waals surface area (Å²) in [5.41, 5.74) is 1.50. The fourth-order valence-electron chi connectivity index (χ4n) is 3.52. The Kier molecular flexibility index (Phi) is 3.89. The molecule has 0 aliphatic carbocycles. The van der Waals surface area contributed by atoms with E-state index in [1.165, 1.54) is 6.07 Å². The molecule has 0 saturated heterocycles. The van der Waals surface area contributed by atoms with Gasteiger partial charge in [-0.3, -0.25) is 14.5 Å². The van der Waals surface area contributed by atoms with Crippen molar-refractivity contribution in [3.63, 3.8) is 0 Å². The molecule has 0 aromatic heterocycles. The lowest BCUT2D eigenvalue weighted by Crippen LogP contribution is -2.43. The van der Waals surface area contributed by atoms with Crippen LogP contribution in [0.25, 0.3) is 0 Å². The number of imide groups is 1. The highest BCUT2D eigenvalue weighted by Crippen LogP contribution is 2.45. The van der Waals surface area contributed by atoms with E-state index in [2.05, 4.69) is 5.32 Å². The summed E-state index contributed by atoms with van der Waals surface area (Å²) in [5.74, 6) is -2.01. The second-order valence-corrected chi connectivity index (χ2v) is 7.01. The zero-order valence-electron chi connectivity index (χ0n) is 13.2. The summed E-state index contributed by atoms with van der Waals surface area (Å²) >= 11 is 12.4. The number of nitrogens with zero attached hydrogens (tertiary/aromatic N) is 1. The number of rotatable bonds is 2. The number of aliphatic carboxylic acids is 1. The average molecular weight is 391 g/mol. The molecule has 0 saturated carbocycles. The molecule has 2 aromatic rings. The Morgan fingerprint density at radius 2 is 1.73 bits per heavy atom. The minimum Gasteiger partial charge on any atom is -0.480 e. The number of amides is 2.